The van der Waals surface area contributed by atoms with Crippen LogP contribution in [0.3, 0.4) is 0 Å². The molecule has 1 saturated heterocycles. The molecule has 2 aromatic carbocycles. The topological polar surface area (TPSA) is 95.9 Å². The van der Waals surface area contributed by atoms with Gasteiger partial charge in [-0.1, -0.05) is 30.3 Å². The highest BCUT2D eigenvalue weighted by atomic mass is 32.2. The Hall–Kier alpha value is -2.16. The maximum Gasteiger partial charge on any atom is 0.404 e. The van der Waals surface area contributed by atoms with Crippen molar-refractivity contribution in [2.24, 2.45) is 17.8 Å². The Morgan fingerprint density at radius 1 is 0.909 bits per heavy atom. The van der Waals surface area contributed by atoms with Gasteiger partial charge in [0.1, 0.15) is 0 Å². The average Bonchev–Trinajstić information content (AvgIpc) is 2.83. The number of sulfonamides is 1. The maximum atomic E-state index is 13.8. The number of nitrogens with one attached hydrogen (secondary N) is 1. The lowest BCUT2D eigenvalue weighted by Gasteiger charge is -2.34. The number of hydrogen-bond acceptors (Lipinski definition) is 4. The average molecular weight is 475 g/mol. The molecule has 2 fully saturated rings. The fourth-order valence-electron chi connectivity index (χ4n) is 5.10. The van der Waals surface area contributed by atoms with Crippen LogP contribution < -0.4 is 5.32 Å². The Balaban J connectivity index is 1.49. The first-order valence-electron chi connectivity index (χ1n) is 12.0. The first-order valence-corrected chi connectivity index (χ1v) is 13.4. The van der Waals surface area contributed by atoms with Crippen LogP contribution in [-0.4, -0.2) is 56.8 Å². The van der Waals surface area contributed by atoms with Gasteiger partial charge in [-0.2, -0.15) is 4.31 Å². The van der Waals surface area contributed by atoms with Gasteiger partial charge in [0.2, 0.25) is 10.0 Å². The zero-order chi connectivity index (χ0) is 23.3. The molecule has 0 radical (unpaired) electrons. The highest BCUT2D eigenvalue weighted by molar-refractivity contribution is 7.89. The van der Waals surface area contributed by atoms with Gasteiger partial charge >= 0.3 is 6.09 Å². The number of hydrogen-bond donors (Lipinski definition) is 2. The lowest BCUT2D eigenvalue weighted by Crippen LogP contribution is -2.41. The second-order valence-electron chi connectivity index (χ2n) is 9.46. The third-order valence-electron chi connectivity index (χ3n) is 7.13. The van der Waals surface area contributed by atoms with E-state index in [0.29, 0.717) is 55.5 Å². The Bertz CT molecular complexity index is 1040. The Morgan fingerprint density at radius 2 is 1.52 bits per heavy atom. The summed E-state index contributed by atoms with van der Waals surface area (Å²) in [7, 11) is -3.62. The second kappa shape index (κ2) is 10.8. The van der Waals surface area contributed by atoms with Gasteiger partial charge in [0.05, 0.1) is 4.90 Å². The molecule has 33 heavy (non-hydrogen) atoms. The smallest absolute Gasteiger partial charge is 0.404 e. The third-order valence-corrected chi connectivity index (χ3v) is 8.96. The van der Waals surface area contributed by atoms with Crippen molar-refractivity contribution >= 4 is 26.9 Å². The van der Waals surface area contributed by atoms with Gasteiger partial charge in [-0.25, -0.2) is 13.2 Å². The van der Waals surface area contributed by atoms with Crippen LogP contribution in [0.5, 0.6) is 0 Å². The number of benzene rings is 2. The summed E-state index contributed by atoms with van der Waals surface area (Å²) in [5, 5.41) is 13.3. The van der Waals surface area contributed by atoms with Crippen LogP contribution in [0, 0.1) is 17.8 Å². The van der Waals surface area contributed by atoms with Crippen LogP contribution in [0.1, 0.15) is 38.5 Å². The first-order chi connectivity index (χ1) is 15.9. The van der Waals surface area contributed by atoms with E-state index in [2.05, 4.69) is 5.32 Å². The van der Waals surface area contributed by atoms with E-state index in [0.717, 1.165) is 49.3 Å². The van der Waals surface area contributed by atoms with Gasteiger partial charge in [0.25, 0.3) is 0 Å². The number of ether oxygens (including phenoxy) is 1. The molecule has 7 nitrogen and oxygen atoms in total. The molecule has 1 aliphatic heterocycles. The summed E-state index contributed by atoms with van der Waals surface area (Å²) in [4.78, 5) is 11.1. The molecule has 0 unspecified atom stereocenters. The van der Waals surface area contributed by atoms with Gasteiger partial charge in [-0.3, -0.25) is 0 Å². The summed E-state index contributed by atoms with van der Waals surface area (Å²) in [6.45, 7) is 2.90. The van der Waals surface area contributed by atoms with Crippen molar-refractivity contribution in [2.45, 2.75) is 43.4 Å². The minimum atomic E-state index is -3.62. The molecule has 1 amide bonds. The molecule has 0 bridgehead atoms. The van der Waals surface area contributed by atoms with Crippen LogP contribution >= 0.6 is 0 Å². The SMILES string of the molecule is O=C(O)NCC1CCC(CN(CC2CCOCC2)S(=O)(=O)c2ccc3ccccc3c2)CC1. The van der Waals surface area contributed by atoms with Gasteiger partial charge in [0, 0.05) is 32.8 Å². The number of nitrogens with zero attached hydrogens (tertiary/aromatic N) is 1. The largest absolute Gasteiger partial charge is 0.465 e. The van der Waals surface area contributed by atoms with Crippen LogP contribution in [-0.2, 0) is 14.8 Å². The molecule has 0 spiro atoms. The molecule has 4 rings (SSSR count). The summed E-state index contributed by atoms with van der Waals surface area (Å²) < 4.78 is 34.8. The molecular weight excluding hydrogens is 440 g/mol. The van der Waals surface area contributed by atoms with Gasteiger partial charge in [-0.15, -0.1) is 0 Å². The van der Waals surface area contributed by atoms with E-state index < -0.39 is 16.1 Å². The predicted molar refractivity (Wildman–Crippen MR) is 128 cm³/mol. The number of amides is 1. The van der Waals surface area contributed by atoms with E-state index in [-0.39, 0.29) is 0 Å². The molecule has 1 saturated carbocycles. The quantitative estimate of drug-likeness (QED) is 0.594. The lowest BCUT2D eigenvalue weighted by molar-refractivity contribution is 0.0588. The van der Waals surface area contributed by atoms with Crippen molar-refractivity contribution in [3.8, 4) is 0 Å². The predicted octanol–water partition coefficient (Wildman–Crippen LogP) is 4.33. The van der Waals surface area contributed by atoms with Crippen LogP contribution in [0.4, 0.5) is 4.79 Å². The molecule has 2 N–H and O–H groups in total. The standard InChI is InChI=1S/C25H34N2O5S/c28-25(29)26-16-19-5-7-20(8-6-19)17-27(18-21-11-13-32-14-12-21)33(30,31)24-10-9-22-3-1-2-4-23(22)15-24/h1-4,9-10,15,19-21,26H,5-8,11-14,16-18H2,(H,28,29). The molecule has 0 atom stereocenters. The molecular formula is C25H34N2O5S. The van der Waals surface area contributed by atoms with E-state index >= 15 is 0 Å². The summed E-state index contributed by atoms with van der Waals surface area (Å²) in [5.74, 6) is 0.935. The molecule has 180 valence electrons. The lowest BCUT2D eigenvalue weighted by atomic mass is 9.82. The van der Waals surface area contributed by atoms with Crippen molar-refractivity contribution < 1.29 is 23.1 Å². The molecule has 1 aliphatic carbocycles. The van der Waals surface area contributed by atoms with Crippen molar-refractivity contribution in [3.63, 3.8) is 0 Å². The molecule has 1 heterocycles. The minimum Gasteiger partial charge on any atom is -0.465 e. The van der Waals surface area contributed by atoms with Crippen molar-refractivity contribution in [2.75, 3.05) is 32.8 Å². The van der Waals surface area contributed by atoms with Gasteiger partial charge < -0.3 is 15.2 Å². The number of rotatable bonds is 8. The zero-order valence-electron chi connectivity index (χ0n) is 19.0. The van der Waals surface area contributed by atoms with E-state index in [9.17, 15) is 13.2 Å². The van der Waals surface area contributed by atoms with E-state index in [1.165, 1.54) is 0 Å². The van der Waals surface area contributed by atoms with Crippen molar-refractivity contribution in [1.29, 1.82) is 0 Å². The Kier molecular flexibility index (Phi) is 7.88. The summed E-state index contributed by atoms with van der Waals surface area (Å²) in [6.07, 6.45) is 4.47. The van der Waals surface area contributed by atoms with Gasteiger partial charge in [-0.05, 0) is 79.2 Å². The minimum absolute atomic E-state index is 0.293. The highest BCUT2D eigenvalue weighted by Gasteiger charge is 2.32. The fraction of sp³-hybridized carbons (Fsp3) is 0.560. The van der Waals surface area contributed by atoms with Crippen LogP contribution in [0.2, 0.25) is 0 Å². The Morgan fingerprint density at radius 3 is 2.18 bits per heavy atom. The first kappa shape index (κ1) is 24.0. The molecule has 2 aromatic rings. The van der Waals surface area contributed by atoms with Crippen molar-refractivity contribution in [1.82, 2.24) is 9.62 Å². The number of carboxylic acid groups (broad SMARTS) is 1. The monoisotopic (exact) mass is 474 g/mol. The highest BCUT2D eigenvalue weighted by Crippen LogP contribution is 2.32. The number of fused-ring (bicyclic) bond motifs is 1. The van der Waals surface area contributed by atoms with Gasteiger partial charge in [0.15, 0.2) is 0 Å². The summed E-state index contributed by atoms with van der Waals surface area (Å²) in [5.41, 5.74) is 0. The van der Waals surface area contributed by atoms with E-state index in [1.54, 1.807) is 16.4 Å². The second-order valence-corrected chi connectivity index (χ2v) is 11.4. The molecule has 8 heteroatoms. The van der Waals surface area contributed by atoms with Crippen molar-refractivity contribution in [3.05, 3.63) is 42.5 Å². The maximum absolute atomic E-state index is 13.8. The molecule has 2 aliphatic rings. The third kappa shape index (κ3) is 6.25. The van der Waals surface area contributed by atoms with Crippen LogP contribution in [0.15, 0.2) is 47.4 Å². The summed E-state index contributed by atoms with van der Waals surface area (Å²) in [6, 6.07) is 13.2. The van der Waals surface area contributed by atoms with E-state index in [4.69, 9.17) is 9.84 Å². The van der Waals surface area contributed by atoms with E-state index in [1.807, 2.05) is 30.3 Å². The fourth-order valence-corrected chi connectivity index (χ4v) is 6.73. The molecule has 0 aromatic heterocycles. The normalized spacial score (nSPS) is 22.5. The zero-order valence-corrected chi connectivity index (χ0v) is 19.8. The Labute approximate surface area is 196 Å². The number of carbonyl (C=O) groups is 1. The summed E-state index contributed by atoms with van der Waals surface area (Å²) >= 11 is 0. The van der Waals surface area contributed by atoms with Crippen LogP contribution in [0.25, 0.3) is 10.8 Å².